The van der Waals surface area contributed by atoms with E-state index in [0.29, 0.717) is 15.6 Å². The van der Waals surface area contributed by atoms with E-state index in [2.05, 4.69) is 5.32 Å². The largest absolute Gasteiger partial charge is 0.320 e. The van der Waals surface area contributed by atoms with Gasteiger partial charge in [0.05, 0.1) is 26.4 Å². The highest BCUT2D eigenvalue weighted by atomic mass is 35.5. The fourth-order valence-corrected chi connectivity index (χ4v) is 3.97. The number of benzene rings is 2. The van der Waals surface area contributed by atoms with E-state index in [4.69, 9.17) is 23.2 Å². The first-order valence-corrected chi connectivity index (χ1v) is 7.96. The monoisotopic (exact) mass is 337 g/mol. The fourth-order valence-electron chi connectivity index (χ4n) is 2.04. The molecule has 0 spiro atoms. The summed E-state index contributed by atoms with van der Waals surface area (Å²) in [5, 5.41) is 3.33. The second kappa shape index (κ2) is 5.64. The van der Waals surface area contributed by atoms with Gasteiger partial charge in [-0.25, -0.2) is 4.21 Å². The Morgan fingerprint density at radius 3 is 2.52 bits per heavy atom. The number of amides is 1. The van der Waals surface area contributed by atoms with Crippen LogP contribution in [0.3, 0.4) is 0 Å². The molecule has 0 radical (unpaired) electrons. The number of fused-ring (bicyclic) bond motifs is 1. The molecule has 0 aromatic heterocycles. The smallest absolute Gasteiger partial charge is 0.265 e. The molecule has 0 bridgehead atoms. The zero-order valence-electron chi connectivity index (χ0n) is 10.6. The van der Waals surface area contributed by atoms with Crippen molar-refractivity contribution in [1.82, 2.24) is 0 Å². The third-order valence-electron chi connectivity index (χ3n) is 2.96. The number of carbonyl (C=O) groups is 1. The van der Waals surface area contributed by atoms with Crippen LogP contribution in [-0.2, 0) is 15.6 Å². The molecule has 1 atom stereocenters. The van der Waals surface area contributed by atoms with Gasteiger partial charge in [0.15, 0.2) is 0 Å². The maximum absolute atomic E-state index is 12.6. The van der Waals surface area contributed by atoms with Crippen LogP contribution in [0.25, 0.3) is 6.08 Å². The third kappa shape index (κ3) is 2.75. The standard InChI is InChI=1S/C15H9Cl2NO2S/c16-10-7-11(17)14-12(8-10)18-15(19)13(21(14)20)6-9-4-2-1-3-5-9/h1-8H,(H,18,19)/b13-6+. The summed E-state index contributed by atoms with van der Waals surface area (Å²) in [6, 6.07) is 12.3. The summed E-state index contributed by atoms with van der Waals surface area (Å²) >= 11 is 12.0. The van der Waals surface area contributed by atoms with Crippen molar-refractivity contribution >= 4 is 51.7 Å². The highest BCUT2D eigenvalue weighted by Gasteiger charge is 2.29. The second-order valence-electron chi connectivity index (χ2n) is 4.41. The van der Waals surface area contributed by atoms with Crippen molar-refractivity contribution in [2.24, 2.45) is 0 Å². The Hall–Kier alpha value is -1.62. The average Bonchev–Trinajstić information content (AvgIpc) is 2.43. The van der Waals surface area contributed by atoms with Gasteiger partial charge in [-0.3, -0.25) is 4.79 Å². The molecule has 3 rings (SSSR count). The van der Waals surface area contributed by atoms with Gasteiger partial charge in [0.1, 0.15) is 4.91 Å². The van der Waals surface area contributed by atoms with Crippen molar-refractivity contribution in [2.75, 3.05) is 5.32 Å². The summed E-state index contributed by atoms with van der Waals surface area (Å²) in [4.78, 5) is 12.7. The molecule has 1 aliphatic heterocycles. The number of hydrogen-bond donors (Lipinski definition) is 1. The van der Waals surface area contributed by atoms with Crippen molar-refractivity contribution in [1.29, 1.82) is 0 Å². The van der Waals surface area contributed by atoms with Crippen LogP contribution in [0.5, 0.6) is 0 Å². The van der Waals surface area contributed by atoms with Crippen LogP contribution in [0.2, 0.25) is 10.0 Å². The molecular formula is C15H9Cl2NO2S. The molecule has 1 N–H and O–H groups in total. The molecule has 0 aliphatic carbocycles. The van der Waals surface area contributed by atoms with Crippen molar-refractivity contribution in [3.63, 3.8) is 0 Å². The lowest BCUT2D eigenvalue weighted by molar-refractivity contribution is -0.112. The number of halogens is 2. The molecule has 2 aromatic carbocycles. The number of rotatable bonds is 1. The minimum absolute atomic E-state index is 0.165. The summed E-state index contributed by atoms with van der Waals surface area (Å²) in [6.07, 6.45) is 1.60. The molecule has 6 heteroatoms. The Morgan fingerprint density at radius 2 is 1.81 bits per heavy atom. The molecule has 1 amide bonds. The van der Waals surface area contributed by atoms with E-state index < -0.39 is 16.7 Å². The van der Waals surface area contributed by atoms with Gasteiger partial charge >= 0.3 is 0 Å². The van der Waals surface area contributed by atoms with Gasteiger partial charge in [-0.2, -0.15) is 0 Å². The van der Waals surface area contributed by atoms with E-state index in [-0.39, 0.29) is 9.93 Å². The molecule has 1 aliphatic rings. The Morgan fingerprint density at radius 1 is 1.10 bits per heavy atom. The number of hydrogen-bond acceptors (Lipinski definition) is 2. The Labute approximate surface area is 134 Å². The Bertz CT molecular complexity index is 788. The molecule has 0 saturated carbocycles. The fraction of sp³-hybridized carbons (Fsp3) is 0. The Balaban J connectivity index is 2.12. The van der Waals surface area contributed by atoms with E-state index >= 15 is 0 Å². The Kier molecular flexibility index (Phi) is 3.85. The summed E-state index contributed by atoms with van der Waals surface area (Å²) in [5.74, 6) is -0.414. The maximum Gasteiger partial charge on any atom is 0.265 e. The summed E-state index contributed by atoms with van der Waals surface area (Å²) in [6.45, 7) is 0. The highest BCUT2D eigenvalue weighted by molar-refractivity contribution is 7.90. The summed E-state index contributed by atoms with van der Waals surface area (Å²) in [5.41, 5.74) is 1.19. The molecule has 3 nitrogen and oxygen atoms in total. The molecule has 0 fully saturated rings. The van der Waals surface area contributed by atoms with E-state index in [1.165, 1.54) is 12.1 Å². The zero-order chi connectivity index (χ0) is 15.0. The zero-order valence-corrected chi connectivity index (χ0v) is 12.9. The van der Waals surface area contributed by atoms with Gasteiger partial charge in [0, 0.05) is 5.02 Å². The first-order chi connectivity index (χ1) is 10.1. The van der Waals surface area contributed by atoms with Gasteiger partial charge in [0.25, 0.3) is 5.91 Å². The molecule has 21 heavy (non-hydrogen) atoms. The van der Waals surface area contributed by atoms with E-state index in [1.807, 2.05) is 30.3 Å². The molecule has 1 heterocycles. The first kappa shape index (κ1) is 14.3. The van der Waals surface area contributed by atoms with Crippen LogP contribution < -0.4 is 5.32 Å². The van der Waals surface area contributed by atoms with Crippen molar-refractivity contribution < 1.29 is 9.00 Å². The molecule has 0 saturated heterocycles. The topological polar surface area (TPSA) is 46.2 Å². The predicted octanol–water partition coefficient (Wildman–Crippen LogP) is 4.09. The summed E-state index contributed by atoms with van der Waals surface area (Å²) < 4.78 is 12.6. The van der Waals surface area contributed by atoms with Crippen molar-refractivity contribution in [3.8, 4) is 0 Å². The van der Waals surface area contributed by atoms with Crippen LogP contribution in [-0.4, -0.2) is 10.1 Å². The minimum atomic E-state index is -1.64. The molecule has 2 aromatic rings. The van der Waals surface area contributed by atoms with Crippen LogP contribution in [0, 0.1) is 0 Å². The maximum atomic E-state index is 12.6. The van der Waals surface area contributed by atoms with E-state index in [1.54, 1.807) is 6.08 Å². The van der Waals surface area contributed by atoms with E-state index in [9.17, 15) is 9.00 Å². The normalized spacial score (nSPS) is 19.2. The molecular weight excluding hydrogens is 329 g/mol. The molecule has 106 valence electrons. The van der Waals surface area contributed by atoms with Crippen LogP contribution in [0.4, 0.5) is 5.69 Å². The number of nitrogens with one attached hydrogen (secondary N) is 1. The second-order valence-corrected chi connectivity index (χ2v) is 6.64. The lowest BCUT2D eigenvalue weighted by atomic mass is 10.2. The van der Waals surface area contributed by atoms with Gasteiger partial charge in [-0.1, -0.05) is 53.5 Å². The SMILES string of the molecule is O=C1Nc2cc(Cl)cc(Cl)c2S(=O)/C1=C/c1ccccc1. The van der Waals surface area contributed by atoms with Crippen molar-refractivity contribution in [2.45, 2.75) is 4.90 Å². The number of anilines is 1. The lowest BCUT2D eigenvalue weighted by Gasteiger charge is -2.20. The van der Waals surface area contributed by atoms with Gasteiger partial charge in [-0.15, -0.1) is 0 Å². The number of carbonyl (C=O) groups excluding carboxylic acids is 1. The van der Waals surface area contributed by atoms with Gasteiger partial charge in [0.2, 0.25) is 0 Å². The van der Waals surface area contributed by atoms with Crippen molar-refractivity contribution in [3.05, 3.63) is 63.0 Å². The third-order valence-corrected chi connectivity index (χ3v) is 5.10. The van der Waals surface area contributed by atoms with Gasteiger partial charge in [-0.05, 0) is 23.8 Å². The minimum Gasteiger partial charge on any atom is -0.320 e. The average molecular weight is 338 g/mol. The van der Waals surface area contributed by atoms with Gasteiger partial charge < -0.3 is 5.32 Å². The molecule has 1 unspecified atom stereocenters. The first-order valence-electron chi connectivity index (χ1n) is 6.05. The predicted molar refractivity (Wildman–Crippen MR) is 85.9 cm³/mol. The van der Waals surface area contributed by atoms with Crippen LogP contribution >= 0.6 is 23.2 Å². The van der Waals surface area contributed by atoms with Crippen LogP contribution in [0.15, 0.2) is 52.3 Å². The summed E-state index contributed by atoms with van der Waals surface area (Å²) in [7, 11) is -1.64. The van der Waals surface area contributed by atoms with Crippen LogP contribution in [0.1, 0.15) is 5.56 Å². The quantitative estimate of drug-likeness (QED) is 0.796. The lowest BCUT2D eigenvalue weighted by Crippen LogP contribution is -2.24. The highest BCUT2D eigenvalue weighted by Crippen LogP contribution is 2.37. The van der Waals surface area contributed by atoms with E-state index in [0.717, 1.165) is 5.56 Å².